The van der Waals surface area contributed by atoms with E-state index in [1.54, 1.807) is 24.3 Å². The van der Waals surface area contributed by atoms with Gasteiger partial charge < -0.3 is 11.1 Å². The molecule has 0 bridgehead atoms. The van der Waals surface area contributed by atoms with Gasteiger partial charge in [-0.25, -0.2) is 12.8 Å². The molecule has 2 aromatic carbocycles. The van der Waals surface area contributed by atoms with Crippen LogP contribution in [-0.4, -0.2) is 62.5 Å². The molecule has 0 aromatic heterocycles. The highest BCUT2D eigenvalue weighted by Gasteiger charge is 2.31. The van der Waals surface area contributed by atoms with Gasteiger partial charge in [0.1, 0.15) is 11.7 Å². The average molecular weight is 572 g/mol. The summed E-state index contributed by atoms with van der Waals surface area (Å²) in [6.45, 7) is 3.75. The van der Waals surface area contributed by atoms with Crippen LogP contribution in [0.5, 0.6) is 0 Å². The molecule has 0 unspecified atom stereocenters. The fraction of sp³-hybridized carbons (Fsp3) is 0.533. The van der Waals surface area contributed by atoms with Crippen LogP contribution in [-0.2, 0) is 21.2 Å². The molecule has 4 N–H and O–H groups in total. The van der Waals surface area contributed by atoms with Gasteiger partial charge >= 0.3 is 0 Å². The molecule has 1 atom stereocenters. The quantitative estimate of drug-likeness (QED) is 0.278. The van der Waals surface area contributed by atoms with Gasteiger partial charge in [-0.2, -0.15) is 0 Å². The van der Waals surface area contributed by atoms with Gasteiger partial charge in [0.05, 0.1) is 17.9 Å². The number of piperidine rings is 1. The smallest absolute Gasteiger partial charge is 0.235 e. The number of benzene rings is 2. The van der Waals surface area contributed by atoms with Crippen molar-refractivity contribution < 1.29 is 17.6 Å². The van der Waals surface area contributed by atoms with E-state index in [4.69, 9.17) is 11.1 Å². The summed E-state index contributed by atoms with van der Waals surface area (Å²) in [4.78, 5) is 14.9. The predicted molar refractivity (Wildman–Crippen MR) is 157 cm³/mol. The third-order valence-corrected chi connectivity index (χ3v) is 10.1. The zero-order chi connectivity index (χ0) is 28.7. The summed E-state index contributed by atoms with van der Waals surface area (Å²) in [5, 5.41) is 10.6. The number of amidine groups is 1. The van der Waals surface area contributed by atoms with E-state index >= 15 is 0 Å². The first-order valence-corrected chi connectivity index (χ1v) is 15.9. The molecular weight excluding hydrogens is 529 g/mol. The lowest BCUT2D eigenvalue weighted by Crippen LogP contribution is -2.51. The van der Waals surface area contributed by atoms with Crippen molar-refractivity contribution in [1.82, 2.24) is 10.2 Å². The Balaban J connectivity index is 1.33. The third kappa shape index (κ3) is 8.27. The molecule has 0 spiro atoms. The van der Waals surface area contributed by atoms with E-state index in [1.807, 2.05) is 19.1 Å². The van der Waals surface area contributed by atoms with Crippen molar-refractivity contribution in [1.29, 1.82) is 5.41 Å². The summed E-state index contributed by atoms with van der Waals surface area (Å²) in [6.07, 6.45) is 6.94. The van der Waals surface area contributed by atoms with Gasteiger partial charge in [0, 0.05) is 37.3 Å². The monoisotopic (exact) mass is 571 g/mol. The second kappa shape index (κ2) is 13.6. The van der Waals surface area contributed by atoms with E-state index in [0.717, 1.165) is 63.6 Å². The minimum atomic E-state index is -3.63. The topological polar surface area (TPSA) is 120 Å². The van der Waals surface area contributed by atoms with Crippen LogP contribution in [0.1, 0.15) is 63.0 Å². The Morgan fingerprint density at radius 3 is 2.40 bits per heavy atom. The average Bonchev–Trinajstić information content (AvgIpc) is 2.92. The van der Waals surface area contributed by atoms with Crippen molar-refractivity contribution >= 4 is 27.5 Å². The van der Waals surface area contributed by atoms with Crippen molar-refractivity contribution in [3.8, 4) is 0 Å². The van der Waals surface area contributed by atoms with Gasteiger partial charge in [0.15, 0.2) is 0 Å². The maximum Gasteiger partial charge on any atom is 0.235 e. The summed E-state index contributed by atoms with van der Waals surface area (Å²) in [5.41, 5.74) is 7.36. The van der Waals surface area contributed by atoms with Crippen LogP contribution in [0.15, 0.2) is 48.5 Å². The van der Waals surface area contributed by atoms with Gasteiger partial charge in [-0.1, -0.05) is 49.6 Å². The normalized spacial score (nSPS) is 18.2. The zero-order valence-electron chi connectivity index (χ0n) is 23.3. The lowest BCUT2D eigenvalue weighted by molar-refractivity contribution is -0.121. The van der Waals surface area contributed by atoms with E-state index in [0.29, 0.717) is 11.3 Å². The SMILES string of the molecule is C[C@@H](CN(c1cccc(F)c1)S(=O)(=O)CC1CCCCC1)N1CCC(NC(=O)Cc2ccc(C(=N)N)cc2)CC1. The van der Waals surface area contributed by atoms with Crippen LogP contribution >= 0.6 is 0 Å². The number of halogens is 1. The fourth-order valence-electron chi connectivity index (χ4n) is 5.86. The molecule has 1 aliphatic carbocycles. The van der Waals surface area contributed by atoms with Crippen LogP contribution in [0.25, 0.3) is 0 Å². The molecule has 1 saturated heterocycles. The molecular formula is C30H42FN5O3S. The zero-order valence-corrected chi connectivity index (χ0v) is 24.1. The first-order valence-electron chi connectivity index (χ1n) is 14.3. The number of nitrogens with two attached hydrogens (primary N) is 1. The van der Waals surface area contributed by atoms with Crippen molar-refractivity contribution in [2.45, 2.75) is 70.4 Å². The Morgan fingerprint density at radius 1 is 1.10 bits per heavy atom. The molecule has 2 aliphatic rings. The van der Waals surface area contributed by atoms with E-state index in [1.165, 1.54) is 16.4 Å². The molecule has 218 valence electrons. The number of sulfonamides is 1. The highest BCUT2D eigenvalue weighted by molar-refractivity contribution is 7.92. The highest BCUT2D eigenvalue weighted by atomic mass is 32.2. The molecule has 40 heavy (non-hydrogen) atoms. The summed E-state index contributed by atoms with van der Waals surface area (Å²) in [7, 11) is -3.63. The Bertz CT molecular complexity index is 1260. The maximum absolute atomic E-state index is 14.1. The molecule has 8 nitrogen and oxygen atoms in total. The van der Waals surface area contributed by atoms with Crippen LogP contribution in [0.2, 0.25) is 0 Å². The minimum Gasteiger partial charge on any atom is -0.384 e. The Kier molecular flexibility index (Phi) is 10.2. The second-order valence-electron chi connectivity index (χ2n) is 11.3. The molecule has 4 rings (SSSR count). The van der Waals surface area contributed by atoms with Gasteiger partial charge in [-0.15, -0.1) is 0 Å². The molecule has 10 heteroatoms. The number of anilines is 1. The standard InChI is InChI=1S/C30H42FN5O3S/c1-22(20-36(28-9-5-8-26(31)19-28)40(38,39)21-24-6-3-2-4-7-24)35-16-14-27(15-17-35)34-29(37)18-23-10-12-25(13-11-23)30(32)33/h5,8-13,19,22,24,27H,2-4,6-7,14-18,20-21H2,1H3,(H3,32,33)(H,34,37)/t22-/m0/s1. The van der Waals surface area contributed by atoms with Crippen molar-refractivity contribution in [3.05, 3.63) is 65.5 Å². The van der Waals surface area contributed by atoms with Gasteiger partial charge in [0.25, 0.3) is 0 Å². The first kappa shape index (κ1) is 30.0. The number of hydrogen-bond acceptors (Lipinski definition) is 5. The van der Waals surface area contributed by atoms with Gasteiger partial charge in [-0.3, -0.25) is 19.4 Å². The van der Waals surface area contributed by atoms with Crippen LogP contribution in [0.4, 0.5) is 10.1 Å². The summed E-state index contributed by atoms with van der Waals surface area (Å²) in [6, 6.07) is 13.0. The number of carbonyl (C=O) groups excluding carboxylic acids is 1. The van der Waals surface area contributed by atoms with Crippen molar-refractivity contribution in [2.24, 2.45) is 11.7 Å². The number of amides is 1. The van der Waals surface area contributed by atoms with Gasteiger partial charge in [0.2, 0.25) is 15.9 Å². The van der Waals surface area contributed by atoms with Crippen LogP contribution in [0, 0.1) is 17.1 Å². The molecule has 1 aliphatic heterocycles. The van der Waals surface area contributed by atoms with E-state index in [-0.39, 0.29) is 48.5 Å². The van der Waals surface area contributed by atoms with Crippen molar-refractivity contribution in [2.75, 3.05) is 29.7 Å². The lowest BCUT2D eigenvalue weighted by atomic mass is 9.91. The number of nitrogens with one attached hydrogen (secondary N) is 2. The molecule has 2 aromatic rings. The fourth-order valence-corrected chi connectivity index (χ4v) is 7.85. The molecule has 1 heterocycles. The molecule has 2 fully saturated rings. The summed E-state index contributed by atoms with van der Waals surface area (Å²) < 4.78 is 42.8. The summed E-state index contributed by atoms with van der Waals surface area (Å²) in [5.74, 6) is -0.251. The number of carbonyl (C=O) groups is 1. The number of nitrogens with zero attached hydrogens (tertiary/aromatic N) is 2. The Labute approximate surface area is 237 Å². The first-order chi connectivity index (χ1) is 19.1. The second-order valence-corrected chi connectivity index (χ2v) is 13.2. The lowest BCUT2D eigenvalue weighted by Gasteiger charge is -2.39. The minimum absolute atomic E-state index is 0.00198. The van der Waals surface area contributed by atoms with E-state index in [9.17, 15) is 17.6 Å². The van der Waals surface area contributed by atoms with E-state index < -0.39 is 15.8 Å². The highest BCUT2D eigenvalue weighted by Crippen LogP contribution is 2.29. The third-order valence-electron chi connectivity index (χ3n) is 8.18. The number of likely N-dealkylation sites (tertiary alicyclic amines) is 1. The number of rotatable bonds is 11. The van der Waals surface area contributed by atoms with Crippen LogP contribution < -0.4 is 15.4 Å². The van der Waals surface area contributed by atoms with Crippen LogP contribution in [0.3, 0.4) is 0 Å². The number of hydrogen-bond donors (Lipinski definition) is 3. The van der Waals surface area contributed by atoms with Crippen molar-refractivity contribution in [3.63, 3.8) is 0 Å². The molecule has 1 amide bonds. The van der Waals surface area contributed by atoms with E-state index in [2.05, 4.69) is 10.2 Å². The molecule has 1 saturated carbocycles. The molecule has 0 radical (unpaired) electrons. The Hall–Kier alpha value is -2.98. The van der Waals surface area contributed by atoms with Gasteiger partial charge in [-0.05, 0) is 62.3 Å². The summed E-state index contributed by atoms with van der Waals surface area (Å²) >= 11 is 0. The predicted octanol–water partition coefficient (Wildman–Crippen LogP) is 4.04. The largest absolute Gasteiger partial charge is 0.384 e. The Morgan fingerprint density at radius 2 is 1.77 bits per heavy atom. The number of nitrogen functional groups attached to an aromatic ring is 1. The maximum atomic E-state index is 14.1.